The monoisotopic (exact) mass is 246 g/mol. The number of halogens is 1. The van der Waals surface area contributed by atoms with Crippen LogP contribution in [0.15, 0.2) is 24.4 Å². The molecule has 1 amide bonds. The molecule has 5 nitrogen and oxygen atoms in total. The van der Waals surface area contributed by atoms with Crippen molar-refractivity contribution in [3.8, 4) is 11.4 Å². The van der Waals surface area contributed by atoms with E-state index in [1.165, 1.54) is 18.3 Å². The summed E-state index contributed by atoms with van der Waals surface area (Å²) in [4.78, 5) is 18.9. The number of aromatic nitrogens is 2. The molecule has 2 rings (SSSR count). The van der Waals surface area contributed by atoms with Crippen molar-refractivity contribution in [2.45, 2.75) is 6.92 Å². The molecule has 0 saturated heterocycles. The molecule has 2 aromatic rings. The summed E-state index contributed by atoms with van der Waals surface area (Å²) < 4.78 is 13.3. The molecule has 6 heteroatoms. The van der Waals surface area contributed by atoms with Gasteiger partial charge in [-0.05, 0) is 30.7 Å². The lowest BCUT2D eigenvalue weighted by Gasteiger charge is -2.05. The van der Waals surface area contributed by atoms with E-state index in [1.54, 1.807) is 13.0 Å². The maximum Gasteiger partial charge on any atom is 0.254 e. The van der Waals surface area contributed by atoms with Crippen molar-refractivity contribution in [1.29, 1.82) is 0 Å². The Morgan fingerprint density at radius 1 is 1.33 bits per heavy atom. The average molecular weight is 246 g/mol. The third-order valence-electron chi connectivity index (χ3n) is 2.38. The van der Waals surface area contributed by atoms with Crippen LogP contribution in [-0.4, -0.2) is 15.9 Å². The molecule has 0 bridgehead atoms. The Kier molecular flexibility index (Phi) is 2.93. The fourth-order valence-corrected chi connectivity index (χ4v) is 1.59. The van der Waals surface area contributed by atoms with Gasteiger partial charge in [0.05, 0.1) is 5.56 Å². The molecule has 0 aliphatic rings. The number of hydrogen-bond donors (Lipinski definition) is 2. The van der Waals surface area contributed by atoms with E-state index in [2.05, 4.69) is 9.97 Å². The molecule has 0 atom stereocenters. The number of benzene rings is 1. The van der Waals surface area contributed by atoms with Gasteiger partial charge in [0, 0.05) is 11.8 Å². The number of nitrogens with zero attached hydrogens (tertiary/aromatic N) is 2. The number of nitrogens with two attached hydrogens (primary N) is 2. The van der Waals surface area contributed by atoms with E-state index in [4.69, 9.17) is 11.5 Å². The number of nitrogen functional groups attached to an aromatic ring is 1. The number of amides is 1. The zero-order valence-electron chi connectivity index (χ0n) is 9.64. The average Bonchev–Trinajstić information content (AvgIpc) is 2.26. The van der Waals surface area contributed by atoms with Gasteiger partial charge in [0.25, 0.3) is 5.91 Å². The maximum atomic E-state index is 13.3. The summed E-state index contributed by atoms with van der Waals surface area (Å²) in [5, 5.41) is 0. The van der Waals surface area contributed by atoms with Gasteiger partial charge in [-0.2, -0.15) is 0 Å². The second-order valence-corrected chi connectivity index (χ2v) is 3.87. The Labute approximate surface area is 103 Å². The molecular formula is C12H11FN4O. The molecule has 1 aromatic carbocycles. The lowest BCUT2D eigenvalue weighted by atomic mass is 10.1. The Hall–Kier alpha value is -2.50. The summed E-state index contributed by atoms with van der Waals surface area (Å²) in [6.45, 7) is 1.76. The van der Waals surface area contributed by atoms with Gasteiger partial charge in [0.1, 0.15) is 11.6 Å². The van der Waals surface area contributed by atoms with Crippen LogP contribution in [0.1, 0.15) is 15.9 Å². The summed E-state index contributed by atoms with van der Waals surface area (Å²) in [6.07, 6.45) is 1.24. The summed E-state index contributed by atoms with van der Waals surface area (Å²) in [7, 11) is 0. The molecule has 18 heavy (non-hydrogen) atoms. The minimum absolute atomic E-state index is 0.0191. The Balaban J connectivity index is 2.52. The fourth-order valence-electron chi connectivity index (χ4n) is 1.59. The number of rotatable bonds is 2. The van der Waals surface area contributed by atoms with Crippen LogP contribution in [0.5, 0.6) is 0 Å². The van der Waals surface area contributed by atoms with Crippen LogP contribution in [0.25, 0.3) is 11.4 Å². The van der Waals surface area contributed by atoms with Gasteiger partial charge in [-0.25, -0.2) is 14.4 Å². The van der Waals surface area contributed by atoms with Crippen LogP contribution in [-0.2, 0) is 0 Å². The largest absolute Gasteiger partial charge is 0.383 e. The summed E-state index contributed by atoms with van der Waals surface area (Å²) >= 11 is 0. The number of hydrogen-bond acceptors (Lipinski definition) is 4. The predicted molar refractivity (Wildman–Crippen MR) is 65.1 cm³/mol. The van der Waals surface area contributed by atoms with E-state index in [-0.39, 0.29) is 23.0 Å². The minimum atomic E-state index is -0.700. The molecule has 1 heterocycles. The molecule has 0 fully saturated rings. The van der Waals surface area contributed by atoms with Crippen LogP contribution in [0.4, 0.5) is 10.2 Å². The Bertz CT molecular complexity index is 607. The van der Waals surface area contributed by atoms with E-state index < -0.39 is 5.91 Å². The van der Waals surface area contributed by atoms with Crippen molar-refractivity contribution in [2.75, 3.05) is 5.73 Å². The number of aryl methyl sites for hydroxylation is 1. The Morgan fingerprint density at radius 3 is 2.61 bits per heavy atom. The SMILES string of the molecule is Cc1cc(F)cc(-c2ncc(C(N)=O)c(N)n2)c1. The molecule has 4 N–H and O–H groups in total. The van der Waals surface area contributed by atoms with Crippen molar-refractivity contribution in [3.63, 3.8) is 0 Å². The predicted octanol–water partition coefficient (Wildman–Crippen LogP) is 1.27. The zero-order valence-corrected chi connectivity index (χ0v) is 9.64. The van der Waals surface area contributed by atoms with E-state index in [1.807, 2.05) is 0 Å². The zero-order chi connectivity index (χ0) is 13.3. The van der Waals surface area contributed by atoms with Crippen molar-refractivity contribution < 1.29 is 9.18 Å². The van der Waals surface area contributed by atoms with Crippen LogP contribution < -0.4 is 11.5 Å². The third-order valence-corrected chi connectivity index (χ3v) is 2.38. The molecule has 0 saturated carbocycles. The number of anilines is 1. The molecule has 0 unspecified atom stereocenters. The summed E-state index contributed by atoms with van der Waals surface area (Å²) in [6, 6.07) is 4.41. The highest BCUT2D eigenvalue weighted by Crippen LogP contribution is 2.20. The second kappa shape index (κ2) is 4.40. The van der Waals surface area contributed by atoms with Crippen LogP contribution in [0.2, 0.25) is 0 Å². The van der Waals surface area contributed by atoms with Gasteiger partial charge >= 0.3 is 0 Å². The first-order valence-electron chi connectivity index (χ1n) is 5.17. The van der Waals surface area contributed by atoms with Crippen LogP contribution in [0.3, 0.4) is 0 Å². The first-order valence-corrected chi connectivity index (χ1v) is 5.17. The Morgan fingerprint density at radius 2 is 2.06 bits per heavy atom. The van der Waals surface area contributed by atoms with Gasteiger partial charge < -0.3 is 11.5 Å². The molecule has 0 aliphatic heterocycles. The van der Waals surface area contributed by atoms with Crippen molar-refractivity contribution in [2.24, 2.45) is 5.73 Å². The van der Waals surface area contributed by atoms with Crippen LogP contribution >= 0.6 is 0 Å². The van der Waals surface area contributed by atoms with Crippen molar-refractivity contribution >= 4 is 11.7 Å². The smallest absolute Gasteiger partial charge is 0.254 e. The highest BCUT2D eigenvalue weighted by molar-refractivity contribution is 5.96. The second-order valence-electron chi connectivity index (χ2n) is 3.87. The summed E-state index contributed by atoms with van der Waals surface area (Å²) in [5.74, 6) is -0.852. The van der Waals surface area contributed by atoms with Gasteiger partial charge in [0.15, 0.2) is 5.82 Å². The fraction of sp³-hybridized carbons (Fsp3) is 0.0833. The minimum Gasteiger partial charge on any atom is -0.383 e. The van der Waals surface area contributed by atoms with Crippen LogP contribution in [0, 0.1) is 12.7 Å². The number of carbonyl (C=O) groups is 1. The topological polar surface area (TPSA) is 94.9 Å². The number of primary amides is 1. The van der Waals surface area contributed by atoms with Gasteiger partial charge in [0.2, 0.25) is 0 Å². The van der Waals surface area contributed by atoms with Gasteiger partial charge in [-0.15, -0.1) is 0 Å². The highest BCUT2D eigenvalue weighted by atomic mass is 19.1. The number of carbonyl (C=O) groups excluding carboxylic acids is 1. The maximum absolute atomic E-state index is 13.3. The summed E-state index contributed by atoms with van der Waals surface area (Å²) in [5.41, 5.74) is 12.0. The van der Waals surface area contributed by atoms with E-state index in [0.29, 0.717) is 5.56 Å². The molecular weight excluding hydrogens is 235 g/mol. The normalized spacial score (nSPS) is 10.3. The van der Waals surface area contributed by atoms with E-state index >= 15 is 0 Å². The van der Waals surface area contributed by atoms with E-state index in [0.717, 1.165) is 5.56 Å². The standard InChI is InChI=1S/C12H11FN4O/c1-6-2-7(4-8(13)3-6)12-16-5-9(11(15)18)10(14)17-12/h2-5H,1H3,(H2,15,18)(H2,14,16,17). The van der Waals surface area contributed by atoms with Gasteiger partial charge in [-0.3, -0.25) is 4.79 Å². The van der Waals surface area contributed by atoms with E-state index in [9.17, 15) is 9.18 Å². The molecule has 0 spiro atoms. The molecule has 92 valence electrons. The molecule has 0 aliphatic carbocycles. The van der Waals surface area contributed by atoms with Crippen molar-refractivity contribution in [1.82, 2.24) is 9.97 Å². The first kappa shape index (κ1) is 12.0. The molecule has 1 aromatic heterocycles. The first-order chi connectivity index (χ1) is 8.47. The highest BCUT2D eigenvalue weighted by Gasteiger charge is 2.11. The lowest BCUT2D eigenvalue weighted by molar-refractivity contribution is 0.100. The lowest BCUT2D eigenvalue weighted by Crippen LogP contribution is -2.15. The molecule has 0 radical (unpaired) electrons. The quantitative estimate of drug-likeness (QED) is 0.834. The third kappa shape index (κ3) is 2.27. The van der Waals surface area contributed by atoms with Gasteiger partial charge in [-0.1, -0.05) is 0 Å². The van der Waals surface area contributed by atoms with Crippen molar-refractivity contribution in [3.05, 3.63) is 41.3 Å².